The zero-order valence-electron chi connectivity index (χ0n) is 10.6. The van der Waals surface area contributed by atoms with Crippen LogP contribution in [-0.4, -0.2) is 50.1 Å². The number of hydrogen-bond acceptors (Lipinski definition) is 7. The number of nitrogens with zero attached hydrogens (tertiary/aromatic N) is 1. The normalized spacial score (nSPS) is 33.9. The van der Waals surface area contributed by atoms with Crippen molar-refractivity contribution >= 4 is 17.4 Å². The number of nitro groups is 1. The summed E-state index contributed by atoms with van der Waals surface area (Å²) < 4.78 is 5.40. The molecule has 0 radical (unpaired) electrons. The van der Waals surface area contributed by atoms with Crippen LogP contribution in [0.1, 0.15) is 6.92 Å². The first kappa shape index (κ1) is 15.2. The number of para-hydroxylation sites is 1. The van der Waals surface area contributed by atoms with Gasteiger partial charge >= 0.3 is 0 Å². The SMILES string of the molecule is C[C@H]1O[C@@H](Sc2ccccc2[N+](=O)[O-])[C@H](O)[C@@H](O)[C@H]1O. The quantitative estimate of drug-likeness (QED) is 0.551. The van der Waals surface area contributed by atoms with Crippen molar-refractivity contribution in [3.05, 3.63) is 34.4 Å². The molecule has 1 aromatic rings. The molecule has 2 rings (SSSR count). The fraction of sp³-hybridized carbons (Fsp3) is 0.500. The molecule has 3 N–H and O–H groups in total. The Morgan fingerprint density at radius 2 is 1.85 bits per heavy atom. The van der Waals surface area contributed by atoms with Gasteiger partial charge < -0.3 is 20.1 Å². The molecule has 0 spiro atoms. The number of thioether (sulfide) groups is 1. The van der Waals surface area contributed by atoms with E-state index in [-0.39, 0.29) is 5.69 Å². The predicted molar refractivity (Wildman–Crippen MR) is 71.3 cm³/mol. The second-order valence-corrected chi connectivity index (χ2v) is 5.66. The molecule has 0 saturated carbocycles. The largest absolute Gasteiger partial charge is 0.388 e. The van der Waals surface area contributed by atoms with E-state index in [2.05, 4.69) is 0 Å². The van der Waals surface area contributed by atoms with E-state index in [1.807, 2.05) is 0 Å². The maximum absolute atomic E-state index is 10.9. The third-order valence-corrected chi connectivity index (χ3v) is 4.33. The van der Waals surface area contributed by atoms with Gasteiger partial charge in [-0.15, -0.1) is 0 Å². The Balaban J connectivity index is 2.20. The summed E-state index contributed by atoms with van der Waals surface area (Å²) in [5, 5.41) is 40.1. The van der Waals surface area contributed by atoms with Crippen LogP contribution in [0.25, 0.3) is 0 Å². The standard InChI is InChI=1S/C12H15NO6S/c1-6-9(14)10(15)11(16)12(19-6)20-8-5-3-2-4-7(8)13(17)18/h2-6,9-12,14-16H,1H3/t6-,9+,10+,11-,12+/m1/s1. The Bertz CT molecular complexity index is 499. The van der Waals surface area contributed by atoms with Crippen molar-refractivity contribution in [1.29, 1.82) is 0 Å². The molecule has 0 aromatic heterocycles. The van der Waals surface area contributed by atoms with Crippen molar-refractivity contribution < 1.29 is 25.0 Å². The van der Waals surface area contributed by atoms with Crippen LogP contribution in [0.5, 0.6) is 0 Å². The Kier molecular flexibility index (Phi) is 4.61. The van der Waals surface area contributed by atoms with Gasteiger partial charge in [-0.1, -0.05) is 23.9 Å². The minimum absolute atomic E-state index is 0.0958. The van der Waals surface area contributed by atoms with Gasteiger partial charge in [0.05, 0.1) is 15.9 Å². The molecule has 8 heteroatoms. The summed E-state index contributed by atoms with van der Waals surface area (Å²) >= 11 is 0.952. The van der Waals surface area contributed by atoms with Gasteiger partial charge in [-0.3, -0.25) is 10.1 Å². The monoisotopic (exact) mass is 301 g/mol. The van der Waals surface area contributed by atoms with Crippen LogP contribution in [-0.2, 0) is 4.74 Å². The number of rotatable bonds is 3. The second kappa shape index (κ2) is 6.06. The predicted octanol–water partition coefficient (Wildman–Crippen LogP) is 0.514. The van der Waals surface area contributed by atoms with Crippen LogP contribution in [0.2, 0.25) is 0 Å². The zero-order chi connectivity index (χ0) is 14.9. The lowest BCUT2D eigenvalue weighted by Crippen LogP contribution is -2.55. The summed E-state index contributed by atoms with van der Waals surface area (Å²) in [6.07, 6.45) is -4.54. The van der Waals surface area contributed by atoms with E-state index in [0.717, 1.165) is 11.8 Å². The van der Waals surface area contributed by atoms with Crippen molar-refractivity contribution in [3.63, 3.8) is 0 Å². The van der Waals surface area contributed by atoms with Crippen molar-refractivity contribution in [3.8, 4) is 0 Å². The van der Waals surface area contributed by atoms with E-state index < -0.39 is 34.8 Å². The maximum Gasteiger partial charge on any atom is 0.282 e. The molecule has 1 aliphatic rings. The molecule has 5 atom stereocenters. The van der Waals surface area contributed by atoms with Gasteiger partial charge in [0.1, 0.15) is 23.7 Å². The minimum atomic E-state index is -1.35. The van der Waals surface area contributed by atoms with Gasteiger partial charge in [0.15, 0.2) is 0 Å². The Morgan fingerprint density at radius 1 is 1.20 bits per heavy atom. The highest BCUT2D eigenvalue weighted by Crippen LogP contribution is 2.37. The molecule has 0 bridgehead atoms. The number of aliphatic hydroxyl groups excluding tert-OH is 3. The molecule has 7 nitrogen and oxygen atoms in total. The van der Waals surface area contributed by atoms with E-state index in [4.69, 9.17) is 4.74 Å². The molecule has 0 amide bonds. The number of aliphatic hydroxyl groups is 3. The fourth-order valence-corrected chi connectivity index (χ4v) is 3.15. The summed E-state index contributed by atoms with van der Waals surface area (Å²) in [7, 11) is 0. The maximum atomic E-state index is 10.9. The van der Waals surface area contributed by atoms with Crippen molar-refractivity contribution in [2.75, 3.05) is 0 Å². The van der Waals surface area contributed by atoms with Crippen molar-refractivity contribution in [2.45, 2.75) is 41.7 Å². The summed E-state index contributed by atoms with van der Waals surface area (Å²) in [6.45, 7) is 1.56. The van der Waals surface area contributed by atoms with Gasteiger partial charge in [0.25, 0.3) is 5.69 Å². The summed E-state index contributed by atoms with van der Waals surface area (Å²) in [4.78, 5) is 10.7. The van der Waals surface area contributed by atoms with Gasteiger partial charge in [-0.25, -0.2) is 0 Å². The van der Waals surface area contributed by atoms with Gasteiger partial charge in [0, 0.05) is 6.07 Å². The Morgan fingerprint density at radius 3 is 2.50 bits per heavy atom. The van der Waals surface area contributed by atoms with Crippen LogP contribution in [0.3, 0.4) is 0 Å². The van der Waals surface area contributed by atoms with Gasteiger partial charge in [-0.2, -0.15) is 0 Å². The van der Waals surface area contributed by atoms with Crippen LogP contribution < -0.4 is 0 Å². The minimum Gasteiger partial charge on any atom is -0.388 e. The lowest BCUT2D eigenvalue weighted by atomic mass is 10.0. The molecule has 0 unspecified atom stereocenters. The molecule has 1 heterocycles. The molecule has 1 fully saturated rings. The number of benzene rings is 1. The highest BCUT2D eigenvalue weighted by Gasteiger charge is 2.42. The molecule has 20 heavy (non-hydrogen) atoms. The Hall–Kier alpha value is -1.19. The van der Waals surface area contributed by atoms with E-state index in [1.54, 1.807) is 25.1 Å². The van der Waals surface area contributed by atoms with Crippen LogP contribution >= 0.6 is 11.8 Å². The first-order valence-corrected chi connectivity index (χ1v) is 6.89. The third-order valence-electron chi connectivity index (χ3n) is 3.11. The molecular formula is C12H15NO6S. The van der Waals surface area contributed by atoms with E-state index in [9.17, 15) is 25.4 Å². The summed E-state index contributed by atoms with van der Waals surface area (Å²) in [6, 6.07) is 6.08. The van der Waals surface area contributed by atoms with Gasteiger partial charge in [-0.05, 0) is 13.0 Å². The summed E-state index contributed by atoms with van der Waals surface area (Å²) in [5.41, 5.74) is -0.980. The number of nitro benzene ring substituents is 1. The average molecular weight is 301 g/mol. The molecule has 110 valence electrons. The van der Waals surface area contributed by atoms with Crippen molar-refractivity contribution in [2.24, 2.45) is 0 Å². The third kappa shape index (κ3) is 2.94. The lowest BCUT2D eigenvalue weighted by molar-refractivity contribution is -0.387. The number of hydrogen-bond donors (Lipinski definition) is 3. The highest BCUT2D eigenvalue weighted by molar-refractivity contribution is 8.00. The molecule has 1 aliphatic heterocycles. The highest BCUT2D eigenvalue weighted by atomic mass is 32.2. The van der Waals surface area contributed by atoms with Crippen LogP contribution in [0, 0.1) is 10.1 Å². The van der Waals surface area contributed by atoms with E-state index in [0.29, 0.717) is 4.90 Å². The fourth-order valence-electron chi connectivity index (χ4n) is 1.94. The topological polar surface area (TPSA) is 113 Å². The molecule has 0 aliphatic carbocycles. The first-order chi connectivity index (χ1) is 9.41. The van der Waals surface area contributed by atoms with E-state index in [1.165, 1.54) is 6.07 Å². The molecule has 1 aromatic carbocycles. The van der Waals surface area contributed by atoms with Crippen molar-refractivity contribution in [1.82, 2.24) is 0 Å². The molecule has 1 saturated heterocycles. The number of ether oxygens (including phenoxy) is 1. The Labute approximate surface area is 119 Å². The first-order valence-electron chi connectivity index (χ1n) is 6.01. The molecular weight excluding hydrogens is 286 g/mol. The van der Waals surface area contributed by atoms with Crippen LogP contribution in [0.15, 0.2) is 29.2 Å². The second-order valence-electron chi connectivity index (χ2n) is 4.52. The summed E-state index contributed by atoms with van der Waals surface area (Å²) in [5.74, 6) is 0. The van der Waals surface area contributed by atoms with Crippen LogP contribution in [0.4, 0.5) is 5.69 Å². The van der Waals surface area contributed by atoms with E-state index >= 15 is 0 Å². The lowest BCUT2D eigenvalue weighted by Gasteiger charge is -2.38. The average Bonchev–Trinajstić information content (AvgIpc) is 2.43. The smallest absolute Gasteiger partial charge is 0.282 e. The van der Waals surface area contributed by atoms with Gasteiger partial charge in [0.2, 0.25) is 0 Å². The zero-order valence-corrected chi connectivity index (χ0v) is 11.4.